The highest BCUT2D eigenvalue weighted by molar-refractivity contribution is 5.83. The SMILES string of the molecule is N#CC(C#N)=c1oc(=C(C#N)C#N)c(=C(/C#N)c2ccc(F)cc2)/c1=C(\C#N)c1ccc(F)cc1. The number of nitrogens with zero attached hydrogens (tertiary/aromatic N) is 6. The lowest BCUT2D eigenvalue weighted by molar-refractivity contribution is 0.496. The Balaban J connectivity index is 2.94. The van der Waals surface area contributed by atoms with Crippen LogP contribution in [0.25, 0.3) is 22.3 Å². The van der Waals surface area contributed by atoms with Gasteiger partial charge in [0.25, 0.3) is 0 Å². The Hall–Kier alpha value is -6.00. The summed E-state index contributed by atoms with van der Waals surface area (Å²) in [5.74, 6) is -1.19. The molecule has 3 aromatic rings. The Kier molecular flexibility index (Phi) is 6.81. The van der Waals surface area contributed by atoms with Crippen LogP contribution in [0.5, 0.6) is 0 Å². The van der Waals surface area contributed by atoms with Crippen LogP contribution in [0, 0.1) is 79.6 Å². The van der Waals surface area contributed by atoms with Gasteiger partial charge in [0.15, 0.2) is 22.0 Å². The number of hydrogen-bond acceptors (Lipinski definition) is 7. The van der Waals surface area contributed by atoms with E-state index in [0.717, 1.165) is 24.3 Å². The van der Waals surface area contributed by atoms with Crippen LogP contribution in [-0.4, -0.2) is 0 Å². The third kappa shape index (κ3) is 4.35. The molecule has 0 amide bonds. The highest BCUT2D eigenvalue weighted by Crippen LogP contribution is 2.13. The fraction of sp³-hybridized carbons (Fsp3) is 0. The van der Waals surface area contributed by atoms with E-state index in [9.17, 15) is 40.4 Å². The minimum Gasteiger partial charge on any atom is -0.452 e. The molecule has 0 fully saturated rings. The summed E-state index contributed by atoms with van der Waals surface area (Å²) in [5.41, 5.74) is -2.28. The van der Waals surface area contributed by atoms with E-state index in [0.29, 0.717) is 0 Å². The van der Waals surface area contributed by atoms with Crippen molar-refractivity contribution in [2.45, 2.75) is 0 Å². The van der Waals surface area contributed by atoms with Gasteiger partial charge in [-0.05, 0) is 35.4 Å². The van der Waals surface area contributed by atoms with Crippen LogP contribution in [0.3, 0.4) is 0 Å². The molecule has 3 rings (SSSR count). The predicted octanol–water partition coefficient (Wildman–Crippen LogP) is 1.40. The van der Waals surface area contributed by atoms with E-state index in [4.69, 9.17) is 4.42 Å². The summed E-state index contributed by atoms with van der Waals surface area (Å²) in [6.45, 7) is 0. The van der Waals surface area contributed by atoms with Gasteiger partial charge < -0.3 is 4.42 Å². The Morgan fingerprint density at radius 3 is 1.09 bits per heavy atom. The molecule has 9 heteroatoms. The largest absolute Gasteiger partial charge is 0.452 e. The van der Waals surface area contributed by atoms with E-state index in [2.05, 4.69) is 0 Å². The van der Waals surface area contributed by atoms with Gasteiger partial charge in [-0.25, -0.2) is 8.78 Å². The molecule has 7 nitrogen and oxygen atoms in total. The summed E-state index contributed by atoms with van der Waals surface area (Å²) in [6.07, 6.45) is 0. The second kappa shape index (κ2) is 10.1. The molecule has 0 atom stereocenters. The number of hydrogen-bond donors (Lipinski definition) is 0. The van der Waals surface area contributed by atoms with Crippen molar-refractivity contribution in [3.63, 3.8) is 0 Å². The number of furan rings is 1. The molecule has 0 aliphatic heterocycles. The first-order valence-corrected chi connectivity index (χ1v) is 9.52. The number of rotatable bonds is 2. The van der Waals surface area contributed by atoms with Crippen LogP contribution < -0.4 is 21.3 Å². The van der Waals surface area contributed by atoms with E-state index < -0.39 is 33.6 Å². The van der Waals surface area contributed by atoms with Crippen molar-refractivity contribution in [3.8, 4) is 36.4 Å². The quantitative estimate of drug-likeness (QED) is 0.562. The third-order valence-corrected chi connectivity index (χ3v) is 4.80. The van der Waals surface area contributed by atoms with Crippen molar-refractivity contribution in [1.29, 1.82) is 31.6 Å². The van der Waals surface area contributed by atoms with Gasteiger partial charge in [0, 0.05) is 0 Å². The van der Waals surface area contributed by atoms with E-state index in [1.54, 1.807) is 24.3 Å². The molecule has 0 aliphatic rings. The Bertz CT molecular complexity index is 1690. The van der Waals surface area contributed by atoms with Gasteiger partial charge in [0.2, 0.25) is 0 Å². The first-order valence-electron chi connectivity index (χ1n) is 9.52. The van der Waals surface area contributed by atoms with Crippen molar-refractivity contribution in [2.24, 2.45) is 0 Å². The maximum atomic E-state index is 13.5. The lowest BCUT2D eigenvalue weighted by atomic mass is 9.99. The molecular weight excluding hydrogens is 450 g/mol. The summed E-state index contributed by atoms with van der Waals surface area (Å²) in [6, 6.07) is 19.7. The maximum Gasteiger partial charge on any atom is 0.172 e. The molecular formula is C26H8F2N6O. The van der Waals surface area contributed by atoms with Gasteiger partial charge in [0.1, 0.15) is 48.0 Å². The average molecular weight is 458 g/mol. The third-order valence-electron chi connectivity index (χ3n) is 4.80. The zero-order chi connectivity index (χ0) is 25.5. The van der Waals surface area contributed by atoms with Crippen LogP contribution in [0.1, 0.15) is 11.1 Å². The summed E-state index contributed by atoms with van der Waals surface area (Å²) >= 11 is 0. The van der Waals surface area contributed by atoms with Crippen molar-refractivity contribution in [3.05, 3.63) is 92.6 Å². The van der Waals surface area contributed by atoms with Crippen LogP contribution in [0.15, 0.2) is 52.9 Å². The Labute approximate surface area is 196 Å². The molecule has 0 unspecified atom stereocenters. The summed E-state index contributed by atoms with van der Waals surface area (Å²) in [5, 5.41) is 57.6. The molecule has 0 radical (unpaired) electrons. The van der Waals surface area contributed by atoms with Crippen molar-refractivity contribution < 1.29 is 13.2 Å². The number of halogens is 2. The molecule has 1 aromatic heterocycles. The topological polar surface area (TPSA) is 156 Å². The van der Waals surface area contributed by atoms with Gasteiger partial charge in [-0.2, -0.15) is 31.6 Å². The van der Waals surface area contributed by atoms with Gasteiger partial charge in [-0.1, -0.05) is 24.3 Å². The lowest BCUT2D eigenvalue weighted by Gasteiger charge is -2.01. The minimum atomic E-state index is -0.603. The molecule has 162 valence electrons. The molecule has 0 bridgehead atoms. The first kappa shape index (κ1) is 23.7. The predicted molar refractivity (Wildman–Crippen MR) is 116 cm³/mol. The van der Waals surface area contributed by atoms with Gasteiger partial charge in [-0.15, -0.1) is 0 Å². The smallest absolute Gasteiger partial charge is 0.172 e. The zero-order valence-electron chi connectivity index (χ0n) is 17.5. The highest BCUT2D eigenvalue weighted by atomic mass is 19.1. The summed E-state index contributed by atoms with van der Waals surface area (Å²) in [4.78, 5) is 0. The van der Waals surface area contributed by atoms with Crippen molar-refractivity contribution in [1.82, 2.24) is 0 Å². The standard InChI is InChI=1S/C26H8F2N6O/c27-19-5-1-15(2-6-19)21(13-33)23-24(22(14-34)16-3-7-20(28)8-4-16)26(18(11-31)12-32)35-25(23)17(9-29)10-30/h1-8H/b23-21-,24-22-. The van der Waals surface area contributed by atoms with Crippen LogP contribution >= 0.6 is 0 Å². The molecule has 0 aliphatic carbocycles. The average Bonchev–Trinajstić information content (AvgIpc) is 3.23. The summed E-state index contributed by atoms with van der Waals surface area (Å²) in [7, 11) is 0. The fourth-order valence-corrected chi connectivity index (χ4v) is 3.28. The van der Waals surface area contributed by atoms with E-state index >= 15 is 0 Å². The van der Waals surface area contributed by atoms with E-state index in [-0.39, 0.29) is 32.7 Å². The first-order chi connectivity index (χ1) is 16.9. The van der Waals surface area contributed by atoms with Gasteiger partial charge in [-0.3, -0.25) is 0 Å². The van der Waals surface area contributed by atoms with Crippen LogP contribution in [-0.2, 0) is 0 Å². The molecule has 0 N–H and O–H groups in total. The fourth-order valence-electron chi connectivity index (χ4n) is 3.28. The molecule has 0 saturated carbocycles. The van der Waals surface area contributed by atoms with E-state index in [1.165, 1.54) is 24.3 Å². The molecule has 35 heavy (non-hydrogen) atoms. The highest BCUT2D eigenvalue weighted by Gasteiger charge is 2.18. The lowest BCUT2D eigenvalue weighted by Crippen LogP contribution is -2.42. The molecule has 0 saturated heterocycles. The molecule has 0 spiro atoms. The normalized spacial score (nSPS) is 11.3. The van der Waals surface area contributed by atoms with Crippen LogP contribution in [0.2, 0.25) is 0 Å². The van der Waals surface area contributed by atoms with Crippen molar-refractivity contribution in [2.75, 3.05) is 0 Å². The zero-order valence-corrected chi connectivity index (χ0v) is 17.5. The minimum absolute atomic E-state index is 0.144. The molecule has 2 aromatic carbocycles. The van der Waals surface area contributed by atoms with Crippen molar-refractivity contribution >= 4 is 22.3 Å². The van der Waals surface area contributed by atoms with Crippen LogP contribution in [0.4, 0.5) is 8.78 Å². The van der Waals surface area contributed by atoms with Gasteiger partial charge in [0.05, 0.1) is 21.6 Å². The monoisotopic (exact) mass is 458 g/mol. The van der Waals surface area contributed by atoms with Gasteiger partial charge >= 0.3 is 0 Å². The van der Waals surface area contributed by atoms with E-state index in [1.807, 2.05) is 12.1 Å². The maximum absolute atomic E-state index is 13.5. The second-order valence-corrected chi connectivity index (χ2v) is 6.69. The Morgan fingerprint density at radius 2 is 0.829 bits per heavy atom. The summed E-state index contributed by atoms with van der Waals surface area (Å²) < 4.78 is 32.7. The number of benzene rings is 2. The Morgan fingerprint density at radius 1 is 0.514 bits per heavy atom. The number of nitriles is 6. The molecule has 1 heterocycles. The second-order valence-electron chi connectivity index (χ2n) is 6.69.